The molecule has 2 rings (SSSR count). The first-order valence-corrected chi connectivity index (χ1v) is 7.21. The van der Waals surface area contributed by atoms with Gasteiger partial charge in [-0.25, -0.2) is 9.78 Å². The van der Waals surface area contributed by atoms with Gasteiger partial charge in [-0.1, -0.05) is 0 Å². The first kappa shape index (κ1) is 14.4. The predicted octanol–water partition coefficient (Wildman–Crippen LogP) is 0.0984. The third kappa shape index (κ3) is 4.02. The van der Waals surface area contributed by atoms with Gasteiger partial charge in [0, 0.05) is 30.5 Å². The fraction of sp³-hybridized carbons (Fsp3) is 0.500. The number of imide groups is 1. The topological polar surface area (TPSA) is 100 Å². The van der Waals surface area contributed by atoms with E-state index in [0.29, 0.717) is 19.4 Å². The van der Waals surface area contributed by atoms with Gasteiger partial charge in [-0.15, -0.1) is 11.3 Å². The van der Waals surface area contributed by atoms with Crippen molar-refractivity contribution in [3.63, 3.8) is 0 Å². The van der Waals surface area contributed by atoms with Crippen molar-refractivity contribution in [3.05, 3.63) is 16.1 Å². The summed E-state index contributed by atoms with van der Waals surface area (Å²) in [4.78, 5) is 38.1. The summed E-state index contributed by atoms with van der Waals surface area (Å²) in [6, 6.07) is -1.10. The number of urea groups is 1. The molecule has 0 aliphatic carbocycles. The van der Waals surface area contributed by atoms with Crippen LogP contribution in [0.5, 0.6) is 0 Å². The molecule has 1 fully saturated rings. The number of carbonyl (C=O) groups is 3. The van der Waals surface area contributed by atoms with Crippen LogP contribution in [0.2, 0.25) is 0 Å². The molecule has 1 aromatic heterocycles. The maximum absolute atomic E-state index is 11.6. The Balaban J connectivity index is 1.63. The first-order chi connectivity index (χ1) is 9.54. The van der Waals surface area contributed by atoms with Gasteiger partial charge in [-0.05, 0) is 13.3 Å². The zero-order valence-electron chi connectivity index (χ0n) is 11.1. The minimum atomic E-state index is -0.602. The Bertz CT molecular complexity index is 529. The van der Waals surface area contributed by atoms with Crippen LogP contribution in [0.4, 0.5) is 4.79 Å². The molecule has 1 atom stereocenters. The molecule has 20 heavy (non-hydrogen) atoms. The van der Waals surface area contributed by atoms with Crippen molar-refractivity contribution in [2.75, 3.05) is 6.54 Å². The molecule has 0 saturated carbocycles. The van der Waals surface area contributed by atoms with Crippen LogP contribution in [0.1, 0.15) is 23.5 Å². The second kappa shape index (κ2) is 6.47. The molecule has 8 heteroatoms. The maximum atomic E-state index is 11.6. The fourth-order valence-electron chi connectivity index (χ4n) is 1.85. The minimum Gasteiger partial charge on any atom is -0.356 e. The number of rotatable bonds is 6. The number of hydrogen-bond acceptors (Lipinski definition) is 5. The summed E-state index contributed by atoms with van der Waals surface area (Å²) in [7, 11) is 0. The zero-order valence-corrected chi connectivity index (χ0v) is 11.9. The molecule has 1 aromatic rings. The van der Waals surface area contributed by atoms with Gasteiger partial charge < -0.3 is 10.6 Å². The van der Waals surface area contributed by atoms with Crippen LogP contribution in [0.3, 0.4) is 0 Å². The lowest BCUT2D eigenvalue weighted by atomic mass is 10.1. The van der Waals surface area contributed by atoms with Crippen LogP contribution >= 0.6 is 11.3 Å². The summed E-state index contributed by atoms with van der Waals surface area (Å²) >= 11 is 1.57. The molecule has 3 N–H and O–H groups in total. The second-order valence-corrected chi connectivity index (χ2v) is 5.48. The largest absolute Gasteiger partial charge is 0.356 e. The van der Waals surface area contributed by atoms with Crippen LogP contribution < -0.4 is 16.0 Å². The standard InChI is InChI=1S/C12H16N4O3S/c1-7-6-20-10(14-7)4-5-13-9(17)3-2-8-11(18)16-12(19)15-8/h6,8H,2-5H2,1H3,(H,13,17)(H2,15,16,18,19)/t8-/m0/s1. The average molecular weight is 296 g/mol. The lowest BCUT2D eigenvalue weighted by Gasteiger charge is -2.07. The molecule has 0 bridgehead atoms. The average Bonchev–Trinajstić information content (AvgIpc) is 2.93. The van der Waals surface area contributed by atoms with Gasteiger partial charge in [0.15, 0.2) is 0 Å². The van der Waals surface area contributed by atoms with Crippen molar-refractivity contribution >= 4 is 29.2 Å². The minimum absolute atomic E-state index is 0.132. The summed E-state index contributed by atoms with van der Waals surface area (Å²) in [6.45, 7) is 2.45. The van der Waals surface area contributed by atoms with Gasteiger partial charge in [-0.2, -0.15) is 0 Å². The quantitative estimate of drug-likeness (QED) is 0.648. The number of amides is 4. The van der Waals surface area contributed by atoms with Crippen LogP contribution in [0.25, 0.3) is 0 Å². The fourth-order valence-corrected chi connectivity index (χ4v) is 2.63. The molecule has 0 spiro atoms. The molecule has 7 nitrogen and oxygen atoms in total. The van der Waals surface area contributed by atoms with Crippen molar-refractivity contribution in [2.24, 2.45) is 0 Å². The first-order valence-electron chi connectivity index (χ1n) is 6.33. The van der Waals surface area contributed by atoms with Crippen LogP contribution in [0.15, 0.2) is 5.38 Å². The van der Waals surface area contributed by atoms with E-state index in [2.05, 4.69) is 20.9 Å². The highest BCUT2D eigenvalue weighted by Crippen LogP contribution is 2.08. The highest BCUT2D eigenvalue weighted by atomic mass is 32.1. The number of aromatic nitrogens is 1. The lowest BCUT2D eigenvalue weighted by molar-refractivity contribution is -0.122. The van der Waals surface area contributed by atoms with E-state index in [1.54, 1.807) is 11.3 Å². The summed E-state index contributed by atoms with van der Waals surface area (Å²) in [5.74, 6) is -0.506. The summed E-state index contributed by atoms with van der Waals surface area (Å²) < 4.78 is 0. The molecule has 4 amide bonds. The number of thiazole rings is 1. The molecule has 1 aliphatic heterocycles. The summed E-state index contributed by atoms with van der Waals surface area (Å²) in [6.07, 6.45) is 1.21. The van der Waals surface area contributed by atoms with Gasteiger partial charge >= 0.3 is 6.03 Å². The zero-order chi connectivity index (χ0) is 14.5. The number of carbonyl (C=O) groups excluding carboxylic acids is 3. The van der Waals surface area contributed by atoms with Gasteiger partial charge in [0.25, 0.3) is 5.91 Å². The van der Waals surface area contributed by atoms with Crippen molar-refractivity contribution in [2.45, 2.75) is 32.2 Å². The smallest absolute Gasteiger partial charge is 0.322 e. The molecular formula is C12H16N4O3S. The van der Waals surface area contributed by atoms with E-state index in [9.17, 15) is 14.4 Å². The number of aryl methyl sites for hydroxylation is 1. The van der Waals surface area contributed by atoms with Crippen molar-refractivity contribution in [3.8, 4) is 0 Å². The monoisotopic (exact) mass is 296 g/mol. The van der Waals surface area contributed by atoms with E-state index in [0.717, 1.165) is 10.7 Å². The Labute approximate surface area is 120 Å². The van der Waals surface area contributed by atoms with Crippen LogP contribution in [-0.4, -0.2) is 35.4 Å². The molecule has 0 radical (unpaired) electrons. The Morgan fingerprint density at radius 1 is 1.50 bits per heavy atom. The number of nitrogens with zero attached hydrogens (tertiary/aromatic N) is 1. The summed E-state index contributed by atoms with van der Waals surface area (Å²) in [5, 5.41) is 10.3. The van der Waals surface area contributed by atoms with E-state index >= 15 is 0 Å². The van der Waals surface area contributed by atoms with Gasteiger partial charge in [-0.3, -0.25) is 14.9 Å². The molecular weight excluding hydrogens is 280 g/mol. The number of nitrogens with one attached hydrogen (secondary N) is 3. The Hall–Kier alpha value is -1.96. The van der Waals surface area contributed by atoms with Gasteiger partial charge in [0.05, 0.1) is 5.01 Å². The Kier molecular flexibility index (Phi) is 4.67. The predicted molar refractivity (Wildman–Crippen MR) is 73.3 cm³/mol. The molecule has 2 heterocycles. The third-order valence-electron chi connectivity index (χ3n) is 2.85. The van der Waals surface area contributed by atoms with E-state index in [-0.39, 0.29) is 18.2 Å². The number of hydrogen-bond donors (Lipinski definition) is 3. The van der Waals surface area contributed by atoms with Crippen LogP contribution in [-0.2, 0) is 16.0 Å². The second-order valence-electron chi connectivity index (χ2n) is 4.54. The lowest BCUT2D eigenvalue weighted by Crippen LogP contribution is -2.32. The van der Waals surface area contributed by atoms with Crippen LogP contribution in [0, 0.1) is 6.92 Å². The Morgan fingerprint density at radius 3 is 2.90 bits per heavy atom. The molecule has 0 unspecified atom stereocenters. The van der Waals surface area contributed by atoms with E-state index in [1.807, 2.05) is 12.3 Å². The highest BCUT2D eigenvalue weighted by molar-refractivity contribution is 7.09. The molecule has 108 valence electrons. The molecule has 1 saturated heterocycles. The Morgan fingerprint density at radius 2 is 2.30 bits per heavy atom. The highest BCUT2D eigenvalue weighted by Gasteiger charge is 2.29. The maximum Gasteiger partial charge on any atom is 0.322 e. The van der Waals surface area contributed by atoms with E-state index in [1.165, 1.54) is 0 Å². The van der Waals surface area contributed by atoms with Crippen molar-refractivity contribution in [1.29, 1.82) is 0 Å². The van der Waals surface area contributed by atoms with Gasteiger partial charge in [0.2, 0.25) is 5.91 Å². The van der Waals surface area contributed by atoms with Gasteiger partial charge in [0.1, 0.15) is 6.04 Å². The third-order valence-corrected chi connectivity index (χ3v) is 3.87. The van der Waals surface area contributed by atoms with E-state index in [4.69, 9.17) is 0 Å². The molecule has 0 aromatic carbocycles. The van der Waals surface area contributed by atoms with Crippen molar-refractivity contribution in [1.82, 2.24) is 20.9 Å². The normalized spacial score (nSPS) is 17.8. The van der Waals surface area contributed by atoms with Crippen molar-refractivity contribution < 1.29 is 14.4 Å². The molecule has 1 aliphatic rings. The van der Waals surface area contributed by atoms with E-state index < -0.39 is 12.1 Å². The SMILES string of the molecule is Cc1csc(CCNC(=O)CC[C@@H]2NC(=O)NC2=O)n1. The summed E-state index contributed by atoms with van der Waals surface area (Å²) in [5.41, 5.74) is 0.985.